The lowest BCUT2D eigenvalue weighted by molar-refractivity contribution is 0.0601. The summed E-state index contributed by atoms with van der Waals surface area (Å²) in [7, 11) is 1.38. The van der Waals surface area contributed by atoms with E-state index >= 15 is 0 Å². The number of benzene rings is 1. The van der Waals surface area contributed by atoms with Gasteiger partial charge in [0.1, 0.15) is 0 Å². The summed E-state index contributed by atoms with van der Waals surface area (Å²) in [6.45, 7) is 6.83. The Morgan fingerprint density at radius 2 is 2.00 bits per heavy atom. The maximum absolute atomic E-state index is 11.8. The predicted octanol–water partition coefficient (Wildman–Crippen LogP) is 2.99. The Morgan fingerprint density at radius 1 is 1.35 bits per heavy atom. The minimum absolute atomic E-state index is 0.131. The van der Waals surface area contributed by atoms with E-state index in [1.54, 1.807) is 0 Å². The summed E-state index contributed by atoms with van der Waals surface area (Å²) in [5, 5.41) is 12.9. The quantitative estimate of drug-likeness (QED) is 0.753. The molecule has 0 aliphatic carbocycles. The van der Waals surface area contributed by atoms with Crippen molar-refractivity contribution in [3.8, 4) is 0 Å². The van der Waals surface area contributed by atoms with Crippen LogP contribution in [-0.2, 0) is 4.74 Å². The molecule has 4 heteroatoms. The van der Waals surface area contributed by atoms with Crippen LogP contribution in [-0.4, -0.2) is 31.3 Å². The van der Waals surface area contributed by atoms with Crippen molar-refractivity contribution in [3.63, 3.8) is 0 Å². The lowest BCUT2D eigenvalue weighted by Gasteiger charge is -2.30. The van der Waals surface area contributed by atoms with E-state index in [-0.39, 0.29) is 18.0 Å². The number of methoxy groups -OCH3 is 1. The number of anilines is 1. The first-order valence-corrected chi connectivity index (χ1v) is 7.05. The van der Waals surface area contributed by atoms with E-state index in [4.69, 9.17) is 4.74 Å². The van der Waals surface area contributed by atoms with Crippen LogP contribution in [0.25, 0.3) is 0 Å². The van der Waals surface area contributed by atoms with E-state index in [0.29, 0.717) is 12.1 Å². The van der Waals surface area contributed by atoms with E-state index in [1.807, 2.05) is 25.1 Å². The van der Waals surface area contributed by atoms with E-state index in [0.717, 1.165) is 24.1 Å². The van der Waals surface area contributed by atoms with E-state index < -0.39 is 0 Å². The third-order valence-electron chi connectivity index (χ3n) is 4.07. The highest BCUT2D eigenvalue weighted by Gasteiger charge is 2.25. The summed E-state index contributed by atoms with van der Waals surface area (Å²) in [6.07, 6.45) is 1.76. The van der Waals surface area contributed by atoms with E-state index in [9.17, 15) is 9.90 Å². The van der Waals surface area contributed by atoms with Crippen LogP contribution in [0, 0.1) is 12.3 Å². The highest BCUT2D eigenvalue weighted by atomic mass is 16.5. The standard InChI is InChI=1S/C16H25NO3/c1-5-16(6-2,11-18)10-17-14-8-7-12(3)9-13(14)15(19)20-4/h7-9,17-18H,5-6,10-11H2,1-4H3. The van der Waals surface area contributed by atoms with Gasteiger partial charge in [0.2, 0.25) is 0 Å². The summed E-state index contributed by atoms with van der Waals surface area (Å²) in [6, 6.07) is 5.65. The molecule has 112 valence electrons. The van der Waals surface area contributed by atoms with Crippen molar-refractivity contribution < 1.29 is 14.6 Å². The summed E-state index contributed by atoms with van der Waals surface area (Å²) in [5.74, 6) is -0.348. The molecule has 0 saturated heterocycles. The lowest BCUT2D eigenvalue weighted by Crippen LogP contribution is -2.32. The topological polar surface area (TPSA) is 58.6 Å². The minimum Gasteiger partial charge on any atom is -0.465 e. The Hall–Kier alpha value is -1.55. The zero-order valence-electron chi connectivity index (χ0n) is 12.8. The molecule has 0 aliphatic heterocycles. The molecule has 1 aromatic rings. The largest absolute Gasteiger partial charge is 0.465 e. The third-order valence-corrected chi connectivity index (χ3v) is 4.07. The normalized spacial score (nSPS) is 11.2. The van der Waals surface area contributed by atoms with Crippen LogP contribution in [0.2, 0.25) is 0 Å². The first-order chi connectivity index (χ1) is 9.51. The maximum Gasteiger partial charge on any atom is 0.339 e. The van der Waals surface area contributed by atoms with Crippen molar-refractivity contribution in [1.29, 1.82) is 0 Å². The molecule has 0 aliphatic rings. The van der Waals surface area contributed by atoms with Gasteiger partial charge in [-0.05, 0) is 31.9 Å². The van der Waals surface area contributed by atoms with Crippen molar-refractivity contribution in [3.05, 3.63) is 29.3 Å². The number of carbonyl (C=O) groups excluding carboxylic acids is 1. The van der Waals surface area contributed by atoms with E-state index in [1.165, 1.54) is 7.11 Å². The van der Waals surface area contributed by atoms with Gasteiger partial charge in [-0.15, -0.1) is 0 Å². The van der Waals surface area contributed by atoms with Crippen LogP contribution in [0.4, 0.5) is 5.69 Å². The second-order valence-electron chi connectivity index (χ2n) is 5.26. The SMILES string of the molecule is CCC(CC)(CO)CNc1ccc(C)cc1C(=O)OC. The second kappa shape index (κ2) is 7.29. The molecule has 0 amide bonds. The number of hydrogen-bond donors (Lipinski definition) is 2. The third kappa shape index (κ3) is 3.73. The molecule has 1 aromatic carbocycles. The molecule has 4 nitrogen and oxygen atoms in total. The molecule has 0 saturated carbocycles. The molecule has 0 fully saturated rings. The molecule has 0 aromatic heterocycles. The van der Waals surface area contributed by atoms with Crippen molar-refractivity contribution >= 4 is 11.7 Å². The molecule has 0 heterocycles. The Balaban J connectivity index is 2.95. The predicted molar refractivity (Wildman–Crippen MR) is 81.1 cm³/mol. The van der Waals surface area contributed by atoms with Gasteiger partial charge in [0.15, 0.2) is 0 Å². The molecular formula is C16H25NO3. The van der Waals surface area contributed by atoms with Gasteiger partial charge in [-0.3, -0.25) is 0 Å². The Kier molecular flexibility index (Phi) is 6.02. The molecule has 2 N–H and O–H groups in total. The lowest BCUT2D eigenvalue weighted by atomic mass is 9.83. The van der Waals surface area contributed by atoms with Gasteiger partial charge in [0.05, 0.1) is 19.3 Å². The number of aryl methyl sites for hydroxylation is 1. The van der Waals surface area contributed by atoms with Gasteiger partial charge in [-0.2, -0.15) is 0 Å². The van der Waals surface area contributed by atoms with Crippen LogP contribution in [0.3, 0.4) is 0 Å². The fourth-order valence-corrected chi connectivity index (χ4v) is 2.15. The number of hydrogen-bond acceptors (Lipinski definition) is 4. The average Bonchev–Trinajstić information content (AvgIpc) is 2.49. The number of nitrogens with one attached hydrogen (secondary N) is 1. The number of rotatable bonds is 7. The monoisotopic (exact) mass is 279 g/mol. The van der Waals surface area contributed by atoms with Crippen molar-refractivity contribution in [1.82, 2.24) is 0 Å². The summed E-state index contributed by atoms with van der Waals surface area (Å²) < 4.78 is 4.81. The van der Waals surface area contributed by atoms with Gasteiger partial charge in [0, 0.05) is 17.6 Å². The number of aliphatic hydroxyl groups excluding tert-OH is 1. The second-order valence-corrected chi connectivity index (χ2v) is 5.26. The molecule has 1 rings (SSSR count). The molecule has 0 spiro atoms. The van der Waals surface area contributed by atoms with Gasteiger partial charge in [-0.25, -0.2) is 4.79 Å². The van der Waals surface area contributed by atoms with E-state index in [2.05, 4.69) is 19.2 Å². The number of esters is 1. The summed E-state index contributed by atoms with van der Waals surface area (Å²) in [5.41, 5.74) is 2.14. The van der Waals surface area contributed by atoms with Gasteiger partial charge >= 0.3 is 5.97 Å². The van der Waals surface area contributed by atoms with Crippen LogP contribution in [0.15, 0.2) is 18.2 Å². The summed E-state index contributed by atoms with van der Waals surface area (Å²) >= 11 is 0. The fourth-order valence-electron chi connectivity index (χ4n) is 2.15. The van der Waals surface area contributed by atoms with Crippen molar-refractivity contribution in [2.75, 3.05) is 25.6 Å². The maximum atomic E-state index is 11.8. The zero-order valence-corrected chi connectivity index (χ0v) is 12.8. The molecule has 20 heavy (non-hydrogen) atoms. The molecule has 0 bridgehead atoms. The number of aliphatic hydroxyl groups is 1. The number of carbonyl (C=O) groups is 1. The molecule has 0 unspecified atom stereocenters. The van der Waals surface area contributed by atoms with Crippen LogP contribution >= 0.6 is 0 Å². The van der Waals surface area contributed by atoms with Crippen molar-refractivity contribution in [2.45, 2.75) is 33.6 Å². The van der Waals surface area contributed by atoms with Gasteiger partial charge in [0.25, 0.3) is 0 Å². The fraction of sp³-hybridized carbons (Fsp3) is 0.562. The van der Waals surface area contributed by atoms with Gasteiger partial charge in [-0.1, -0.05) is 25.5 Å². The Labute approximate surface area is 121 Å². The van der Waals surface area contributed by atoms with Crippen LogP contribution in [0.1, 0.15) is 42.6 Å². The molecular weight excluding hydrogens is 254 g/mol. The average molecular weight is 279 g/mol. The van der Waals surface area contributed by atoms with Crippen LogP contribution < -0.4 is 5.32 Å². The molecule has 0 atom stereocenters. The zero-order chi connectivity index (χ0) is 15.2. The Bertz CT molecular complexity index is 445. The minimum atomic E-state index is -0.348. The Morgan fingerprint density at radius 3 is 2.50 bits per heavy atom. The van der Waals surface area contributed by atoms with Crippen LogP contribution in [0.5, 0.6) is 0 Å². The number of ether oxygens (including phenoxy) is 1. The highest BCUT2D eigenvalue weighted by molar-refractivity contribution is 5.95. The first kappa shape index (κ1) is 16.5. The summed E-state index contributed by atoms with van der Waals surface area (Å²) in [4.78, 5) is 11.8. The first-order valence-electron chi connectivity index (χ1n) is 7.05. The smallest absolute Gasteiger partial charge is 0.339 e. The highest BCUT2D eigenvalue weighted by Crippen LogP contribution is 2.27. The molecule has 0 radical (unpaired) electrons. The van der Waals surface area contributed by atoms with Crippen molar-refractivity contribution in [2.24, 2.45) is 5.41 Å². The van der Waals surface area contributed by atoms with Gasteiger partial charge < -0.3 is 15.2 Å².